The summed E-state index contributed by atoms with van der Waals surface area (Å²) in [6.07, 6.45) is 7.19. The maximum Gasteiger partial charge on any atom is 0.256 e. The number of piperidine rings is 2. The van der Waals surface area contributed by atoms with Crippen molar-refractivity contribution in [3.63, 3.8) is 0 Å². The fraction of sp³-hybridized carbons (Fsp3) is 0.714. The van der Waals surface area contributed by atoms with Crippen LogP contribution < -0.4 is 0 Å². The fourth-order valence-electron chi connectivity index (χ4n) is 4.70. The zero-order valence-corrected chi connectivity index (χ0v) is 17.3. The number of nitrogens with zero attached hydrogens (tertiary/aromatic N) is 5. The largest absolute Gasteiger partial charge is 0.378 e. The maximum atomic E-state index is 12.9. The highest BCUT2D eigenvalue weighted by molar-refractivity contribution is 5.93. The van der Waals surface area contributed by atoms with Gasteiger partial charge in [-0.05, 0) is 39.2 Å². The predicted octanol–water partition coefficient (Wildman–Crippen LogP) is 0.960. The molecule has 0 aliphatic carbocycles. The number of likely N-dealkylation sites (tertiary alicyclic amines) is 2. The molecule has 0 aromatic carbocycles. The Morgan fingerprint density at radius 3 is 2.34 bits per heavy atom. The summed E-state index contributed by atoms with van der Waals surface area (Å²) in [5, 5.41) is 0. The molecule has 2 amide bonds. The first-order valence-electron chi connectivity index (χ1n) is 10.8. The van der Waals surface area contributed by atoms with Gasteiger partial charge in [-0.15, -0.1) is 0 Å². The van der Waals surface area contributed by atoms with Crippen LogP contribution in [0, 0.1) is 12.8 Å². The summed E-state index contributed by atoms with van der Waals surface area (Å²) in [4.78, 5) is 40.2. The van der Waals surface area contributed by atoms with E-state index in [1.54, 1.807) is 12.4 Å². The number of carbonyl (C=O) groups excluding carboxylic acids is 2. The third kappa shape index (κ3) is 4.75. The molecule has 0 bridgehead atoms. The number of ether oxygens (including phenoxy) is 1. The number of hydrogen-bond donors (Lipinski definition) is 0. The number of hydrogen-bond acceptors (Lipinski definition) is 6. The van der Waals surface area contributed by atoms with E-state index in [-0.39, 0.29) is 11.8 Å². The normalized spacial score (nSPS) is 24.5. The SMILES string of the molecule is Cc1ncc(C(=O)N2CCC(N3CCC[C@@H](C(=O)N4CCOCC4)C3)CC2)cn1. The first-order valence-corrected chi connectivity index (χ1v) is 10.8. The molecule has 8 heteroatoms. The van der Waals surface area contributed by atoms with Gasteiger partial charge in [-0.25, -0.2) is 9.97 Å². The van der Waals surface area contributed by atoms with Gasteiger partial charge in [0.2, 0.25) is 5.91 Å². The standard InChI is InChI=1S/C21H31N5O3/c1-16-22-13-18(14-23-16)21(28)24-7-4-19(5-8-24)26-6-2-3-17(15-26)20(27)25-9-11-29-12-10-25/h13-14,17,19H,2-12,15H2,1H3/t17-/m1/s1. The van der Waals surface area contributed by atoms with Gasteiger partial charge >= 0.3 is 0 Å². The van der Waals surface area contributed by atoms with E-state index >= 15 is 0 Å². The van der Waals surface area contributed by atoms with Gasteiger partial charge in [-0.1, -0.05) is 0 Å². The lowest BCUT2D eigenvalue weighted by Gasteiger charge is -2.43. The highest BCUT2D eigenvalue weighted by Gasteiger charge is 2.34. The minimum atomic E-state index is 0.0162. The van der Waals surface area contributed by atoms with E-state index in [1.165, 1.54) is 0 Å². The van der Waals surface area contributed by atoms with Crippen molar-refractivity contribution in [2.45, 2.75) is 38.6 Å². The average Bonchev–Trinajstić information content (AvgIpc) is 2.79. The van der Waals surface area contributed by atoms with Crippen molar-refractivity contribution < 1.29 is 14.3 Å². The van der Waals surface area contributed by atoms with Gasteiger partial charge in [0.15, 0.2) is 0 Å². The molecule has 0 radical (unpaired) electrons. The summed E-state index contributed by atoms with van der Waals surface area (Å²) in [7, 11) is 0. The molecule has 3 fully saturated rings. The van der Waals surface area contributed by atoms with Crippen molar-refractivity contribution in [3.8, 4) is 0 Å². The van der Waals surface area contributed by atoms with Gasteiger partial charge < -0.3 is 14.5 Å². The Labute approximate surface area is 172 Å². The zero-order chi connectivity index (χ0) is 20.2. The molecule has 1 atom stereocenters. The van der Waals surface area contributed by atoms with Crippen LogP contribution in [0.2, 0.25) is 0 Å². The molecule has 3 saturated heterocycles. The second-order valence-electron chi connectivity index (χ2n) is 8.31. The monoisotopic (exact) mass is 401 g/mol. The van der Waals surface area contributed by atoms with E-state index < -0.39 is 0 Å². The molecule has 0 saturated carbocycles. The van der Waals surface area contributed by atoms with Crippen molar-refractivity contribution in [1.29, 1.82) is 0 Å². The molecular formula is C21H31N5O3. The summed E-state index contributed by atoms with van der Waals surface area (Å²) in [5.41, 5.74) is 0.559. The van der Waals surface area contributed by atoms with Gasteiger partial charge in [0.25, 0.3) is 5.91 Å². The average molecular weight is 402 g/mol. The second-order valence-corrected chi connectivity index (χ2v) is 8.31. The minimum absolute atomic E-state index is 0.0162. The molecule has 1 aromatic heterocycles. The Morgan fingerprint density at radius 2 is 1.66 bits per heavy atom. The van der Waals surface area contributed by atoms with Crippen molar-refractivity contribution in [3.05, 3.63) is 23.8 Å². The van der Waals surface area contributed by atoms with E-state index in [9.17, 15) is 9.59 Å². The highest BCUT2D eigenvalue weighted by atomic mass is 16.5. The third-order valence-corrected chi connectivity index (χ3v) is 6.42. The van der Waals surface area contributed by atoms with E-state index in [0.717, 1.165) is 65.0 Å². The Hall–Kier alpha value is -2.06. The minimum Gasteiger partial charge on any atom is -0.378 e. The molecule has 0 N–H and O–H groups in total. The number of aryl methyl sites for hydroxylation is 1. The van der Waals surface area contributed by atoms with E-state index in [2.05, 4.69) is 14.9 Å². The van der Waals surface area contributed by atoms with Gasteiger partial charge in [0, 0.05) is 51.2 Å². The van der Waals surface area contributed by atoms with Crippen LogP contribution in [0.15, 0.2) is 12.4 Å². The number of amides is 2. The molecule has 29 heavy (non-hydrogen) atoms. The Balaban J connectivity index is 1.29. The molecule has 4 heterocycles. The van der Waals surface area contributed by atoms with E-state index in [4.69, 9.17) is 4.74 Å². The van der Waals surface area contributed by atoms with Crippen molar-refractivity contribution in [2.75, 3.05) is 52.5 Å². The lowest BCUT2D eigenvalue weighted by Crippen LogP contribution is -2.53. The quantitative estimate of drug-likeness (QED) is 0.751. The molecule has 0 spiro atoms. The van der Waals surface area contributed by atoms with Crippen molar-refractivity contribution >= 4 is 11.8 Å². The summed E-state index contributed by atoms with van der Waals surface area (Å²) >= 11 is 0. The number of morpholine rings is 1. The van der Waals surface area contributed by atoms with Crippen LogP contribution in [-0.2, 0) is 9.53 Å². The lowest BCUT2D eigenvalue weighted by atomic mass is 9.92. The van der Waals surface area contributed by atoms with Crippen LogP contribution in [0.1, 0.15) is 41.9 Å². The van der Waals surface area contributed by atoms with Gasteiger partial charge in [-0.2, -0.15) is 0 Å². The van der Waals surface area contributed by atoms with Crippen LogP contribution in [0.5, 0.6) is 0 Å². The maximum absolute atomic E-state index is 12.9. The molecule has 0 unspecified atom stereocenters. The third-order valence-electron chi connectivity index (χ3n) is 6.42. The number of aromatic nitrogens is 2. The van der Waals surface area contributed by atoms with Gasteiger partial charge in [0.1, 0.15) is 5.82 Å². The lowest BCUT2D eigenvalue weighted by molar-refractivity contribution is -0.141. The molecule has 3 aliphatic heterocycles. The van der Waals surface area contributed by atoms with Crippen LogP contribution in [0.25, 0.3) is 0 Å². The van der Waals surface area contributed by atoms with E-state index in [1.807, 2.05) is 16.7 Å². The Bertz CT molecular complexity index is 712. The van der Waals surface area contributed by atoms with Gasteiger partial charge in [0.05, 0.1) is 24.7 Å². The summed E-state index contributed by atoms with van der Waals surface area (Å²) in [5.74, 6) is 1.09. The number of carbonyl (C=O) groups is 2. The second kappa shape index (κ2) is 9.17. The first kappa shape index (κ1) is 20.2. The molecule has 3 aliphatic rings. The molecule has 1 aromatic rings. The number of rotatable bonds is 3. The van der Waals surface area contributed by atoms with Gasteiger partial charge in [-0.3, -0.25) is 14.5 Å². The molecule has 8 nitrogen and oxygen atoms in total. The van der Waals surface area contributed by atoms with Crippen molar-refractivity contribution in [1.82, 2.24) is 24.7 Å². The van der Waals surface area contributed by atoms with Crippen LogP contribution in [0.3, 0.4) is 0 Å². The zero-order valence-electron chi connectivity index (χ0n) is 17.3. The van der Waals surface area contributed by atoms with Crippen molar-refractivity contribution in [2.24, 2.45) is 5.92 Å². The fourth-order valence-corrected chi connectivity index (χ4v) is 4.70. The molecule has 158 valence electrons. The van der Waals surface area contributed by atoms with Crippen LogP contribution >= 0.6 is 0 Å². The Kier molecular flexibility index (Phi) is 6.40. The molecule has 4 rings (SSSR count). The summed E-state index contributed by atoms with van der Waals surface area (Å²) < 4.78 is 5.38. The Morgan fingerprint density at radius 1 is 0.966 bits per heavy atom. The topological polar surface area (TPSA) is 78.9 Å². The predicted molar refractivity (Wildman–Crippen MR) is 107 cm³/mol. The summed E-state index contributed by atoms with van der Waals surface area (Å²) in [6, 6.07) is 0.452. The van der Waals surface area contributed by atoms with Crippen LogP contribution in [0.4, 0.5) is 0 Å². The van der Waals surface area contributed by atoms with Crippen LogP contribution in [-0.4, -0.2) is 95.0 Å². The highest BCUT2D eigenvalue weighted by Crippen LogP contribution is 2.26. The smallest absolute Gasteiger partial charge is 0.256 e. The first-order chi connectivity index (χ1) is 14.1. The molecular weight excluding hydrogens is 370 g/mol. The summed E-state index contributed by atoms with van der Waals surface area (Å²) in [6.45, 7) is 7.96. The van der Waals surface area contributed by atoms with E-state index in [0.29, 0.717) is 36.6 Å².